The molecule has 5 nitrogen and oxygen atoms in total. The van der Waals surface area contributed by atoms with Crippen molar-refractivity contribution in [2.75, 3.05) is 23.8 Å². The lowest BCUT2D eigenvalue weighted by molar-refractivity contribution is 0.279. The van der Waals surface area contributed by atoms with Crippen LogP contribution in [0.2, 0.25) is 0 Å². The minimum Gasteiger partial charge on any atom is -0.396 e. The van der Waals surface area contributed by atoms with Gasteiger partial charge in [-0.1, -0.05) is 0 Å². The molecule has 90 valence electrons. The molecule has 1 unspecified atom stereocenters. The van der Waals surface area contributed by atoms with Crippen molar-refractivity contribution in [3.8, 4) is 0 Å². The number of aryl methyl sites for hydroxylation is 1. The lowest BCUT2D eigenvalue weighted by Gasteiger charge is -2.24. The average molecular weight is 224 g/mol. The van der Waals surface area contributed by atoms with E-state index in [1.165, 1.54) is 12.8 Å². The van der Waals surface area contributed by atoms with Crippen LogP contribution in [0.3, 0.4) is 0 Å². The first-order valence-corrected chi connectivity index (χ1v) is 5.89. The third-order valence-electron chi connectivity index (χ3n) is 3.18. The maximum absolute atomic E-state index is 8.88. The highest BCUT2D eigenvalue weighted by Gasteiger charge is 2.27. The van der Waals surface area contributed by atoms with Crippen molar-refractivity contribution < 1.29 is 5.11 Å². The highest BCUT2D eigenvalue weighted by atomic mass is 16.2. The third-order valence-corrected chi connectivity index (χ3v) is 3.18. The summed E-state index contributed by atoms with van der Waals surface area (Å²) >= 11 is 0. The number of hydrogen-bond donors (Lipinski definition) is 2. The van der Waals surface area contributed by atoms with Gasteiger partial charge in [-0.25, -0.2) is 0 Å². The van der Waals surface area contributed by atoms with Crippen LogP contribution in [0, 0.1) is 0 Å². The minimum atomic E-state index is 0.266. The summed E-state index contributed by atoms with van der Waals surface area (Å²) < 4.78 is 1.76. The van der Waals surface area contributed by atoms with E-state index in [1.807, 2.05) is 13.2 Å². The van der Waals surface area contributed by atoms with Gasteiger partial charge in [0, 0.05) is 32.4 Å². The van der Waals surface area contributed by atoms with Gasteiger partial charge in [-0.05, 0) is 25.7 Å². The van der Waals surface area contributed by atoms with Crippen molar-refractivity contribution >= 4 is 11.5 Å². The molecular weight excluding hydrogens is 204 g/mol. The Morgan fingerprint density at radius 3 is 3.06 bits per heavy atom. The maximum Gasteiger partial charge on any atom is 0.174 e. The fourth-order valence-corrected chi connectivity index (χ4v) is 2.46. The molecule has 1 aliphatic heterocycles. The highest BCUT2D eigenvalue weighted by molar-refractivity contribution is 5.62. The molecule has 0 radical (unpaired) electrons. The van der Waals surface area contributed by atoms with Crippen LogP contribution < -0.4 is 10.6 Å². The van der Waals surface area contributed by atoms with Gasteiger partial charge in [0.2, 0.25) is 0 Å². The summed E-state index contributed by atoms with van der Waals surface area (Å²) in [6, 6.07) is 0.490. The molecule has 1 aromatic heterocycles. The quantitative estimate of drug-likeness (QED) is 0.791. The van der Waals surface area contributed by atoms with Crippen molar-refractivity contribution in [2.45, 2.75) is 31.7 Å². The lowest BCUT2D eigenvalue weighted by atomic mass is 10.1. The van der Waals surface area contributed by atoms with Crippen molar-refractivity contribution in [2.24, 2.45) is 7.05 Å². The first kappa shape index (κ1) is 11.3. The van der Waals surface area contributed by atoms with Gasteiger partial charge in [0.25, 0.3) is 0 Å². The minimum absolute atomic E-state index is 0.266. The topological polar surface area (TPSA) is 67.3 Å². The fraction of sp³-hybridized carbons (Fsp3) is 0.727. The number of aliphatic hydroxyl groups is 1. The Kier molecular flexibility index (Phi) is 3.33. The van der Waals surface area contributed by atoms with E-state index < -0.39 is 0 Å². The smallest absolute Gasteiger partial charge is 0.174 e. The second kappa shape index (κ2) is 4.74. The molecule has 3 N–H and O–H groups in total. The van der Waals surface area contributed by atoms with E-state index in [0.29, 0.717) is 6.04 Å². The number of aromatic nitrogens is 2. The summed E-state index contributed by atoms with van der Waals surface area (Å²) in [5.41, 5.74) is 6.69. The lowest BCUT2D eigenvalue weighted by Crippen LogP contribution is -2.30. The molecule has 0 aromatic carbocycles. The number of hydrogen-bond acceptors (Lipinski definition) is 4. The summed E-state index contributed by atoms with van der Waals surface area (Å²) in [5.74, 6) is 0.905. The van der Waals surface area contributed by atoms with E-state index in [-0.39, 0.29) is 6.61 Å². The number of aliphatic hydroxyl groups excluding tert-OH is 1. The zero-order chi connectivity index (χ0) is 11.5. The number of nitrogens with zero attached hydrogens (tertiary/aromatic N) is 3. The van der Waals surface area contributed by atoms with Crippen molar-refractivity contribution in [1.29, 1.82) is 0 Å². The van der Waals surface area contributed by atoms with Crippen LogP contribution in [0.15, 0.2) is 6.20 Å². The molecule has 0 bridgehead atoms. The molecule has 1 aliphatic rings. The molecular formula is C11H20N4O. The monoisotopic (exact) mass is 224 g/mol. The summed E-state index contributed by atoms with van der Waals surface area (Å²) in [6.45, 7) is 1.29. The van der Waals surface area contributed by atoms with E-state index in [4.69, 9.17) is 10.8 Å². The Morgan fingerprint density at radius 2 is 2.44 bits per heavy atom. The Morgan fingerprint density at radius 1 is 1.62 bits per heavy atom. The largest absolute Gasteiger partial charge is 0.396 e. The van der Waals surface area contributed by atoms with Crippen LogP contribution in [0.1, 0.15) is 25.7 Å². The Labute approximate surface area is 95.8 Å². The molecule has 16 heavy (non-hydrogen) atoms. The average Bonchev–Trinajstić information content (AvgIpc) is 2.81. The van der Waals surface area contributed by atoms with Gasteiger partial charge in [-0.3, -0.25) is 4.68 Å². The van der Waals surface area contributed by atoms with E-state index in [0.717, 1.165) is 30.9 Å². The second-order valence-electron chi connectivity index (χ2n) is 4.44. The molecule has 0 saturated carbocycles. The van der Waals surface area contributed by atoms with Crippen molar-refractivity contribution in [1.82, 2.24) is 9.78 Å². The van der Waals surface area contributed by atoms with E-state index in [9.17, 15) is 0 Å². The summed E-state index contributed by atoms with van der Waals surface area (Å²) in [7, 11) is 1.89. The Balaban J connectivity index is 2.10. The van der Waals surface area contributed by atoms with Crippen LogP contribution in [0.5, 0.6) is 0 Å². The zero-order valence-electron chi connectivity index (χ0n) is 9.76. The number of anilines is 2. The molecule has 2 heterocycles. The number of nitrogen functional groups attached to an aromatic ring is 1. The van der Waals surface area contributed by atoms with E-state index >= 15 is 0 Å². The Bertz CT molecular complexity index is 350. The molecule has 5 heteroatoms. The summed E-state index contributed by atoms with van der Waals surface area (Å²) in [5, 5.41) is 13.3. The van der Waals surface area contributed by atoms with Gasteiger partial charge in [-0.2, -0.15) is 5.10 Å². The van der Waals surface area contributed by atoms with Crippen LogP contribution >= 0.6 is 0 Å². The standard InChI is InChI=1S/C11H20N4O/c1-14-8-10(12)11(13-14)15-6-2-4-9(15)5-3-7-16/h8-9,16H,2-7,12H2,1H3. The summed E-state index contributed by atoms with van der Waals surface area (Å²) in [4.78, 5) is 2.28. The first-order chi connectivity index (χ1) is 7.72. The molecule has 1 fully saturated rings. The van der Waals surface area contributed by atoms with Crippen molar-refractivity contribution in [3.63, 3.8) is 0 Å². The molecule has 1 saturated heterocycles. The first-order valence-electron chi connectivity index (χ1n) is 5.89. The van der Waals surface area contributed by atoms with Gasteiger partial charge in [0.05, 0.1) is 5.69 Å². The predicted octanol–water partition coefficient (Wildman–Crippen LogP) is 0.744. The van der Waals surface area contributed by atoms with Crippen LogP contribution in [-0.4, -0.2) is 34.1 Å². The van der Waals surface area contributed by atoms with Crippen LogP contribution in [0.25, 0.3) is 0 Å². The zero-order valence-corrected chi connectivity index (χ0v) is 9.76. The van der Waals surface area contributed by atoms with Gasteiger partial charge in [0.1, 0.15) is 0 Å². The van der Waals surface area contributed by atoms with Gasteiger partial charge < -0.3 is 15.7 Å². The fourth-order valence-electron chi connectivity index (χ4n) is 2.46. The van der Waals surface area contributed by atoms with Crippen LogP contribution in [0.4, 0.5) is 11.5 Å². The van der Waals surface area contributed by atoms with Gasteiger partial charge >= 0.3 is 0 Å². The molecule has 1 aromatic rings. The van der Waals surface area contributed by atoms with Crippen molar-refractivity contribution in [3.05, 3.63) is 6.20 Å². The Hall–Kier alpha value is -1.23. The maximum atomic E-state index is 8.88. The normalized spacial score (nSPS) is 20.6. The molecule has 1 atom stereocenters. The predicted molar refractivity (Wildman–Crippen MR) is 64.3 cm³/mol. The molecule has 0 amide bonds. The number of rotatable bonds is 4. The highest BCUT2D eigenvalue weighted by Crippen LogP contribution is 2.30. The SMILES string of the molecule is Cn1cc(N)c(N2CCCC2CCCO)n1. The van der Waals surface area contributed by atoms with Gasteiger partial charge in [0.15, 0.2) is 5.82 Å². The molecule has 2 rings (SSSR count). The molecule has 0 aliphatic carbocycles. The number of nitrogens with two attached hydrogens (primary N) is 1. The third kappa shape index (κ3) is 2.14. The van der Waals surface area contributed by atoms with E-state index in [2.05, 4.69) is 10.00 Å². The van der Waals surface area contributed by atoms with Gasteiger partial charge in [-0.15, -0.1) is 0 Å². The van der Waals surface area contributed by atoms with E-state index in [1.54, 1.807) is 4.68 Å². The second-order valence-corrected chi connectivity index (χ2v) is 4.44. The summed E-state index contributed by atoms with van der Waals surface area (Å²) in [6.07, 6.45) is 6.08. The molecule has 0 spiro atoms. The van der Waals surface area contributed by atoms with Crippen LogP contribution in [-0.2, 0) is 7.05 Å².